The highest BCUT2D eigenvalue weighted by molar-refractivity contribution is 8.00. The molecule has 0 saturated carbocycles. The highest BCUT2D eigenvalue weighted by Crippen LogP contribution is 2.36. The van der Waals surface area contributed by atoms with Crippen molar-refractivity contribution in [2.24, 2.45) is 11.8 Å². The van der Waals surface area contributed by atoms with Crippen LogP contribution in [0.25, 0.3) is 0 Å². The number of hydrogen-bond donors (Lipinski definition) is 2. The van der Waals surface area contributed by atoms with Gasteiger partial charge in [-0.25, -0.2) is 14.0 Å². The SMILES string of the molecule is CCC[C@@H](CC[C@H](Cc1ccc(F)cc1)C(=O)N[C@H]1CCS[C@H]2CCC[C@@H](C(=O)OC)N2C1=O)C(=O)N[C@H]1CCS[C@H]2CCC[C@@H](C(=O)OC)N2C1=O. The van der Waals surface area contributed by atoms with Crippen molar-refractivity contribution in [3.8, 4) is 0 Å². The lowest BCUT2D eigenvalue weighted by Gasteiger charge is -2.40. The van der Waals surface area contributed by atoms with Crippen LogP contribution in [0.3, 0.4) is 0 Å². The minimum absolute atomic E-state index is 0.148. The zero-order valence-corrected chi connectivity index (χ0v) is 32.5. The number of carbonyl (C=O) groups excluding carboxylic acids is 6. The van der Waals surface area contributed by atoms with Crippen LogP contribution in [0.5, 0.6) is 0 Å². The average molecular weight is 777 g/mol. The first-order chi connectivity index (χ1) is 25.6. The third-order valence-corrected chi connectivity index (χ3v) is 13.5. The molecule has 5 rings (SSSR count). The number of methoxy groups -OCH3 is 2. The van der Waals surface area contributed by atoms with E-state index in [-0.39, 0.29) is 40.8 Å². The molecular weight excluding hydrogens is 724 g/mol. The van der Waals surface area contributed by atoms with Crippen molar-refractivity contribution in [1.29, 1.82) is 0 Å². The zero-order valence-electron chi connectivity index (χ0n) is 30.9. The summed E-state index contributed by atoms with van der Waals surface area (Å²) >= 11 is 3.23. The standard InChI is InChI=1S/C38H53FN4O8S2/c1-4-7-24(33(44)40-27-18-20-52-31-10-5-8-29(37(48)50-2)42(31)35(27)46)14-15-25(22-23-12-16-26(39)17-13-23)34(45)41-28-19-21-53-32-11-6-9-30(38(49)51-3)43(32)36(28)47/h12-13,16-17,24-25,27-32H,4-11,14-15,18-22H2,1-3H3,(H,40,44)(H,41,45)/t24-,25+,27-,28-,29-,30-,31-,32-/m0/s1. The molecule has 4 amide bonds. The van der Waals surface area contributed by atoms with Crippen molar-refractivity contribution >= 4 is 59.1 Å². The van der Waals surface area contributed by atoms with E-state index in [1.54, 1.807) is 45.5 Å². The van der Waals surface area contributed by atoms with Gasteiger partial charge in [0.05, 0.1) is 25.0 Å². The predicted molar refractivity (Wildman–Crippen MR) is 200 cm³/mol. The molecule has 4 saturated heterocycles. The fourth-order valence-electron chi connectivity index (χ4n) is 8.07. The number of carbonyl (C=O) groups is 6. The number of amides is 4. The number of nitrogens with zero attached hydrogens (tertiary/aromatic N) is 2. The molecule has 4 heterocycles. The monoisotopic (exact) mass is 776 g/mol. The van der Waals surface area contributed by atoms with Crippen LogP contribution in [0, 0.1) is 17.7 Å². The van der Waals surface area contributed by atoms with Gasteiger partial charge < -0.3 is 29.9 Å². The third-order valence-electron chi connectivity index (χ3n) is 10.9. The number of hydrogen-bond acceptors (Lipinski definition) is 10. The number of ether oxygens (including phenoxy) is 2. The summed E-state index contributed by atoms with van der Waals surface area (Å²) in [5.74, 6) is -2.36. The van der Waals surface area contributed by atoms with Gasteiger partial charge >= 0.3 is 11.9 Å². The van der Waals surface area contributed by atoms with E-state index in [9.17, 15) is 33.2 Å². The third kappa shape index (κ3) is 10.1. The summed E-state index contributed by atoms with van der Waals surface area (Å²) in [6.07, 6.45) is 7.15. The van der Waals surface area contributed by atoms with Crippen LogP contribution in [0.15, 0.2) is 24.3 Å². The number of piperidine rings is 2. The summed E-state index contributed by atoms with van der Waals surface area (Å²) in [4.78, 5) is 84.3. The Morgan fingerprint density at radius 3 is 1.68 bits per heavy atom. The van der Waals surface area contributed by atoms with Crippen molar-refractivity contribution in [3.05, 3.63) is 35.6 Å². The molecule has 0 aromatic heterocycles. The Morgan fingerprint density at radius 1 is 0.736 bits per heavy atom. The first-order valence-electron chi connectivity index (χ1n) is 18.9. The molecular formula is C38H53FN4O8S2. The van der Waals surface area contributed by atoms with Gasteiger partial charge in [-0.05, 0) is 106 Å². The van der Waals surface area contributed by atoms with Gasteiger partial charge in [0.25, 0.3) is 0 Å². The zero-order chi connectivity index (χ0) is 38.1. The fraction of sp³-hybridized carbons (Fsp3) is 0.684. The second kappa shape index (κ2) is 19.3. The molecule has 2 N–H and O–H groups in total. The minimum atomic E-state index is -0.831. The predicted octanol–water partition coefficient (Wildman–Crippen LogP) is 4.18. The number of fused-ring (bicyclic) bond motifs is 2. The first-order valence-corrected chi connectivity index (χ1v) is 21.0. The number of nitrogens with one attached hydrogen (secondary N) is 2. The van der Waals surface area contributed by atoms with Gasteiger partial charge in [-0.3, -0.25) is 19.2 Å². The summed E-state index contributed by atoms with van der Waals surface area (Å²) in [7, 11) is 2.63. The summed E-state index contributed by atoms with van der Waals surface area (Å²) in [6, 6.07) is 2.94. The Bertz CT molecular complexity index is 1480. The molecule has 4 fully saturated rings. The van der Waals surface area contributed by atoms with Crippen molar-refractivity contribution in [3.63, 3.8) is 0 Å². The van der Waals surface area contributed by atoms with Gasteiger partial charge in [-0.1, -0.05) is 25.5 Å². The number of esters is 2. The van der Waals surface area contributed by atoms with Crippen LogP contribution in [-0.2, 0) is 44.7 Å². The maximum absolute atomic E-state index is 14.1. The van der Waals surface area contributed by atoms with Crippen LogP contribution >= 0.6 is 23.5 Å². The van der Waals surface area contributed by atoms with E-state index in [1.165, 1.54) is 26.4 Å². The smallest absolute Gasteiger partial charge is 0.328 e. The van der Waals surface area contributed by atoms with Crippen LogP contribution < -0.4 is 10.6 Å². The molecule has 53 heavy (non-hydrogen) atoms. The Morgan fingerprint density at radius 2 is 1.21 bits per heavy atom. The van der Waals surface area contributed by atoms with Gasteiger partial charge in [0.2, 0.25) is 23.6 Å². The molecule has 0 radical (unpaired) electrons. The van der Waals surface area contributed by atoms with Crippen molar-refractivity contribution < 1.29 is 42.6 Å². The van der Waals surface area contributed by atoms with Crippen LogP contribution in [0.2, 0.25) is 0 Å². The molecule has 0 unspecified atom stereocenters. The Hall–Kier alpha value is -3.33. The van der Waals surface area contributed by atoms with Crippen molar-refractivity contribution in [1.82, 2.24) is 20.4 Å². The van der Waals surface area contributed by atoms with E-state index < -0.39 is 53.8 Å². The highest BCUT2D eigenvalue weighted by atomic mass is 32.2. The van der Waals surface area contributed by atoms with Crippen molar-refractivity contribution in [2.75, 3.05) is 25.7 Å². The Balaban J connectivity index is 1.29. The molecule has 0 bridgehead atoms. The van der Waals surface area contributed by atoms with E-state index in [4.69, 9.17) is 9.47 Å². The van der Waals surface area contributed by atoms with Crippen LogP contribution in [0.1, 0.15) is 89.5 Å². The number of rotatable bonds is 13. The molecule has 1 aromatic rings. The molecule has 15 heteroatoms. The summed E-state index contributed by atoms with van der Waals surface area (Å²) in [5, 5.41) is 5.69. The highest BCUT2D eigenvalue weighted by Gasteiger charge is 2.45. The topological polar surface area (TPSA) is 151 Å². The summed E-state index contributed by atoms with van der Waals surface area (Å²) in [6.45, 7) is 1.97. The fourth-order valence-corrected chi connectivity index (χ4v) is 10.8. The second-order valence-corrected chi connectivity index (χ2v) is 16.9. The molecule has 292 valence electrons. The molecule has 8 atom stereocenters. The first kappa shape index (κ1) is 40.8. The second-order valence-electron chi connectivity index (χ2n) is 14.4. The number of thioether (sulfide) groups is 2. The van der Waals surface area contributed by atoms with Gasteiger partial charge in [0, 0.05) is 11.8 Å². The van der Waals surface area contributed by atoms with E-state index in [0.29, 0.717) is 62.9 Å². The van der Waals surface area contributed by atoms with E-state index >= 15 is 0 Å². The molecule has 4 aliphatic heterocycles. The average Bonchev–Trinajstić information content (AvgIpc) is 3.42. The van der Waals surface area contributed by atoms with E-state index in [2.05, 4.69) is 10.6 Å². The molecule has 0 spiro atoms. The van der Waals surface area contributed by atoms with Gasteiger partial charge in [-0.15, -0.1) is 23.5 Å². The summed E-state index contributed by atoms with van der Waals surface area (Å²) in [5.41, 5.74) is 0.741. The summed E-state index contributed by atoms with van der Waals surface area (Å²) < 4.78 is 23.9. The van der Waals surface area contributed by atoms with Gasteiger partial charge in [0.1, 0.15) is 30.0 Å². The molecule has 12 nitrogen and oxygen atoms in total. The van der Waals surface area contributed by atoms with Gasteiger partial charge in [-0.2, -0.15) is 0 Å². The van der Waals surface area contributed by atoms with E-state index in [0.717, 1.165) is 31.2 Å². The normalized spacial score (nSPS) is 27.2. The number of halogens is 1. The van der Waals surface area contributed by atoms with Crippen molar-refractivity contribution in [2.45, 2.75) is 125 Å². The van der Waals surface area contributed by atoms with Crippen LogP contribution in [-0.4, -0.2) is 106 Å². The quantitative estimate of drug-likeness (QED) is 0.279. The minimum Gasteiger partial charge on any atom is -0.467 e. The number of benzene rings is 1. The largest absolute Gasteiger partial charge is 0.467 e. The molecule has 1 aromatic carbocycles. The lowest BCUT2D eigenvalue weighted by molar-refractivity contribution is -0.156. The molecule has 0 aliphatic carbocycles. The lowest BCUT2D eigenvalue weighted by Crippen LogP contribution is -2.58. The van der Waals surface area contributed by atoms with E-state index in [1.807, 2.05) is 6.92 Å². The molecule has 4 aliphatic rings. The maximum Gasteiger partial charge on any atom is 0.328 e. The Labute approximate surface area is 319 Å². The van der Waals surface area contributed by atoms with Crippen LogP contribution in [0.4, 0.5) is 4.39 Å². The van der Waals surface area contributed by atoms with Gasteiger partial charge in [0.15, 0.2) is 0 Å². The Kier molecular flexibility index (Phi) is 14.9. The maximum atomic E-state index is 14.1. The lowest BCUT2D eigenvalue weighted by atomic mass is 9.87.